The molecule has 0 amide bonds. The number of hydrogen-bond donors (Lipinski definition) is 2. The molecule has 1 heterocycles. The highest BCUT2D eigenvalue weighted by Crippen LogP contribution is 2.25. The highest BCUT2D eigenvalue weighted by Gasteiger charge is 2.27. The van der Waals surface area contributed by atoms with Crippen molar-refractivity contribution >= 4 is 0 Å². The first-order valence-electron chi connectivity index (χ1n) is 6.57. The molecule has 18 heavy (non-hydrogen) atoms. The number of ether oxygens (including phenoxy) is 1. The molecule has 100 valence electrons. The van der Waals surface area contributed by atoms with Crippen LogP contribution in [0, 0.1) is 6.92 Å². The molecule has 0 unspecified atom stereocenters. The van der Waals surface area contributed by atoms with Crippen LogP contribution in [-0.2, 0) is 0 Å². The fourth-order valence-corrected chi connectivity index (χ4v) is 2.42. The Morgan fingerprint density at radius 1 is 1.39 bits per heavy atom. The van der Waals surface area contributed by atoms with Crippen LogP contribution in [-0.4, -0.2) is 22.1 Å². The van der Waals surface area contributed by atoms with Gasteiger partial charge < -0.3 is 15.5 Å². The largest absolute Gasteiger partial charge is 0.476 e. The fraction of sp³-hybridized carbons (Fsp3) is 0.692. The van der Waals surface area contributed by atoms with E-state index in [1.807, 2.05) is 0 Å². The average Bonchev–Trinajstić information content (AvgIpc) is 2.51. The van der Waals surface area contributed by atoms with E-state index in [4.69, 9.17) is 10.5 Å². The summed E-state index contributed by atoms with van der Waals surface area (Å²) < 4.78 is 5.61. The van der Waals surface area contributed by atoms with E-state index in [9.17, 15) is 4.79 Å². The second-order valence-electron chi connectivity index (χ2n) is 5.23. The van der Waals surface area contributed by atoms with Crippen molar-refractivity contribution in [3.8, 4) is 5.88 Å². The van der Waals surface area contributed by atoms with E-state index in [2.05, 4.69) is 9.97 Å². The Morgan fingerprint density at radius 2 is 2.06 bits per heavy atom. The summed E-state index contributed by atoms with van der Waals surface area (Å²) in [5.74, 6) is 0.926. The van der Waals surface area contributed by atoms with Crippen molar-refractivity contribution in [1.29, 1.82) is 0 Å². The normalized spacial score (nSPS) is 19.2. The molecule has 0 bridgehead atoms. The lowest BCUT2D eigenvalue weighted by molar-refractivity contribution is 0.193. The van der Waals surface area contributed by atoms with Crippen LogP contribution in [0.5, 0.6) is 5.88 Å². The average molecular weight is 251 g/mol. The van der Waals surface area contributed by atoms with Crippen LogP contribution in [0.15, 0.2) is 10.9 Å². The molecule has 1 aliphatic rings. The van der Waals surface area contributed by atoms with E-state index in [0.29, 0.717) is 18.3 Å². The molecule has 1 fully saturated rings. The summed E-state index contributed by atoms with van der Waals surface area (Å²) in [6.45, 7) is 2.17. The number of nitrogens with one attached hydrogen (secondary N) is 1. The minimum absolute atomic E-state index is 0.190. The van der Waals surface area contributed by atoms with Gasteiger partial charge in [0.1, 0.15) is 12.4 Å². The van der Waals surface area contributed by atoms with Crippen molar-refractivity contribution in [1.82, 2.24) is 9.97 Å². The first kappa shape index (κ1) is 13.1. The molecule has 0 aromatic carbocycles. The Labute approximate surface area is 107 Å². The Morgan fingerprint density at radius 3 is 2.67 bits per heavy atom. The lowest BCUT2D eigenvalue weighted by Crippen LogP contribution is -2.45. The van der Waals surface area contributed by atoms with Crippen LogP contribution in [0.2, 0.25) is 0 Å². The zero-order valence-electron chi connectivity index (χ0n) is 10.9. The van der Waals surface area contributed by atoms with Gasteiger partial charge in [0, 0.05) is 0 Å². The Hall–Kier alpha value is -1.36. The third-order valence-electron chi connectivity index (χ3n) is 3.44. The molecule has 5 nitrogen and oxygen atoms in total. The third-order valence-corrected chi connectivity index (χ3v) is 3.44. The van der Waals surface area contributed by atoms with Gasteiger partial charge in [0.15, 0.2) is 0 Å². The second kappa shape index (κ2) is 5.52. The number of nitrogens with two attached hydrogens (primary N) is 1. The van der Waals surface area contributed by atoms with Crippen LogP contribution in [0.1, 0.15) is 44.3 Å². The number of hydrogen-bond acceptors (Lipinski definition) is 4. The maximum absolute atomic E-state index is 11.3. The Balaban J connectivity index is 1.99. The quantitative estimate of drug-likeness (QED) is 0.798. The Kier molecular flexibility index (Phi) is 4.01. The summed E-state index contributed by atoms with van der Waals surface area (Å²) >= 11 is 0. The van der Waals surface area contributed by atoms with E-state index < -0.39 is 0 Å². The van der Waals surface area contributed by atoms with Crippen molar-refractivity contribution in [2.75, 3.05) is 6.61 Å². The number of nitrogens with zero attached hydrogens (tertiary/aromatic N) is 1. The molecule has 1 aliphatic carbocycles. The molecular formula is C13H21N3O2. The number of aromatic amines is 1. The predicted octanol–water partition coefficient (Wildman–Crippen LogP) is 1.51. The summed E-state index contributed by atoms with van der Waals surface area (Å²) in [7, 11) is 0. The molecule has 2 rings (SSSR count). The van der Waals surface area contributed by atoms with E-state index in [1.165, 1.54) is 18.9 Å². The molecular weight excluding hydrogens is 230 g/mol. The van der Waals surface area contributed by atoms with Gasteiger partial charge in [-0.15, -0.1) is 0 Å². The van der Waals surface area contributed by atoms with Gasteiger partial charge in [0.25, 0.3) is 5.56 Å². The molecule has 1 aromatic heterocycles. The standard InChI is InChI=1S/C13H21N3O2/c1-10-15-11(17)8-12(16-10)18-9-13(14)6-4-2-3-5-7-13/h8H,2-7,9,14H2,1H3,(H,15,16,17). The van der Waals surface area contributed by atoms with Crippen molar-refractivity contribution in [2.24, 2.45) is 5.73 Å². The third kappa shape index (κ3) is 3.57. The van der Waals surface area contributed by atoms with E-state index in [0.717, 1.165) is 25.7 Å². The van der Waals surface area contributed by atoms with Gasteiger partial charge in [-0.2, -0.15) is 0 Å². The minimum Gasteiger partial charge on any atom is -0.476 e. The van der Waals surface area contributed by atoms with Gasteiger partial charge in [-0.05, 0) is 19.8 Å². The van der Waals surface area contributed by atoms with Gasteiger partial charge in [-0.25, -0.2) is 4.98 Å². The molecule has 0 aliphatic heterocycles. The summed E-state index contributed by atoms with van der Waals surface area (Å²) in [4.78, 5) is 18.0. The van der Waals surface area contributed by atoms with Crippen molar-refractivity contribution in [2.45, 2.75) is 51.0 Å². The number of H-pyrrole nitrogens is 1. The molecule has 1 saturated carbocycles. The maximum Gasteiger partial charge on any atom is 0.254 e. The number of rotatable bonds is 3. The fourth-order valence-electron chi connectivity index (χ4n) is 2.42. The van der Waals surface area contributed by atoms with Crippen LogP contribution in [0.3, 0.4) is 0 Å². The lowest BCUT2D eigenvalue weighted by Gasteiger charge is -2.27. The second-order valence-corrected chi connectivity index (χ2v) is 5.23. The highest BCUT2D eigenvalue weighted by molar-refractivity contribution is 5.08. The monoisotopic (exact) mass is 251 g/mol. The van der Waals surface area contributed by atoms with E-state index in [-0.39, 0.29) is 11.1 Å². The minimum atomic E-state index is -0.269. The van der Waals surface area contributed by atoms with E-state index in [1.54, 1.807) is 6.92 Å². The molecule has 0 spiro atoms. The summed E-state index contributed by atoms with van der Waals surface area (Å²) in [6.07, 6.45) is 6.77. The van der Waals surface area contributed by atoms with Crippen molar-refractivity contribution in [3.63, 3.8) is 0 Å². The molecule has 0 atom stereocenters. The SMILES string of the molecule is Cc1nc(OCC2(N)CCCCCC2)cc(=O)[nH]1. The number of aryl methyl sites for hydroxylation is 1. The van der Waals surface area contributed by atoms with E-state index >= 15 is 0 Å². The first-order chi connectivity index (χ1) is 8.57. The summed E-state index contributed by atoms with van der Waals surface area (Å²) in [6, 6.07) is 1.37. The van der Waals surface area contributed by atoms with Gasteiger partial charge in [0.2, 0.25) is 5.88 Å². The molecule has 5 heteroatoms. The van der Waals surface area contributed by atoms with Crippen molar-refractivity contribution in [3.05, 3.63) is 22.2 Å². The van der Waals surface area contributed by atoms with Crippen LogP contribution >= 0.6 is 0 Å². The van der Waals surface area contributed by atoms with Gasteiger partial charge in [-0.1, -0.05) is 25.7 Å². The molecule has 3 N–H and O–H groups in total. The maximum atomic E-state index is 11.3. The smallest absolute Gasteiger partial charge is 0.254 e. The van der Waals surface area contributed by atoms with Gasteiger partial charge in [0.05, 0.1) is 11.6 Å². The first-order valence-corrected chi connectivity index (χ1v) is 6.57. The van der Waals surface area contributed by atoms with Gasteiger partial charge >= 0.3 is 0 Å². The van der Waals surface area contributed by atoms with Gasteiger partial charge in [-0.3, -0.25) is 4.79 Å². The highest BCUT2D eigenvalue weighted by atomic mass is 16.5. The number of aromatic nitrogens is 2. The lowest BCUT2D eigenvalue weighted by atomic mass is 9.93. The molecule has 1 aromatic rings. The predicted molar refractivity (Wildman–Crippen MR) is 69.7 cm³/mol. The van der Waals surface area contributed by atoms with Crippen LogP contribution < -0.4 is 16.0 Å². The van der Waals surface area contributed by atoms with Crippen LogP contribution in [0.4, 0.5) is 0 Å². The zero-order valence-corrected chi connectivity index (χ0v) is 10.9. The summed E-state index contributed by atoms with van der Waals surface area (Å²) in [5, 5.41) is 0. The van der Waals surface area contributed by atoms with Crippen molar-refractivity contribution < 1.29 is 4.74 Å². The summed E-state index contributed by atoms with van der Waals surface area (Å²) in [5.41, 5.74) is 5.88. The molecule has 0 radical (unpaired) electrons. The van der Waals surface area contributed by atoms with Crippen LogP contribution in [0.25, 0.3) is 0 Å². The Bertz CT molecular complexity index is 448. The zero-order chi connectivity index (χ0) is 13.0. The topological polar surface area (TPSA) is 81.0 Å². The molecule has 0 saturated heterocycles.